The summed E-state index contributed by atoms with van der Waals surface area (Å²) < 4.78 is 4.34. The van der Waals surface area contributed by atoms with Crippen molar-refractivity contribution in [2.75, 3.05) is 25.9 Å². The molecular formula is C20H34N8S. The molecular weight excluding hydrogens is 384 g/mol. The van der Waals surface area contributed by atoms with E-state index in [0.29, 0.717) is 6.04 Å². The normalized spacial score (nSPS) is 15.2. The molecule has 3 rings (SSSR count). The fraction of sp³-hybridized carbons (Fsp3) is 0.700. The number of guanidine groups is 1. The lowest BCUT2D eigenvalue weighted by Crippen LogP contribution is -2.38. The summed E-state index contributed by atoms with van der Waals surface area (Å²) in [5, 5.41) is 20.9. The Hall–Kier alpha value is -2.03. The molecule has 1 aliphatic carbocycles. The third-order valence-electron chi connectivity index (χ3n) is 5.20. The third-order valence-corrected chi connectivity index (χ3v) is 5.84. The average Bonchev–Trinajstić information content (AvgIpc) is 3.49. The Bertz CT molecular complexity index is 734. The number of hydrogen-bond acceptors (Lipinski definition) is 5. The van der Waals surface area contributed by atoms with Crippen molar-refractivity contribution in [3.63, 3.8) is 0 Å². The van der Waals surface area contributed by atoms with Crippen LogP contribution in [0.5, 0.6) is 0 Å². The van der Waals surface area contributed by atoms with E-state index >= 15 is 0 Å². The number of thioether (sulfide) groups is 1. The smallest absolute Gasteiger partial charge is 0.191 e. The summed E-state index contributed by atoms with van der Waals surface area (Å²) in [6, 6.07) is 2.54. The first-order valence-corrected chi connectivity index (χ1v) is 12.0. The van der Waals surface area contributed by atoms with Crippen molar-refractivity contribution < 1.29 is 0 Å². The maximum atomic E-state index is 4.67. The van der Waals surface area contributed by atoms with Crippen LogP contribution in [0.25, 0.3) is 0 Å². The quantitative estimate of drug-likeness (QED) is 0.253. The van der Waals surface area contributed by atoms with Crippen molar-refractivity contribution in [1.82, 2.24) is 35.2 Å². The van der Waals surface area contributed by atoms with E-state index in [-0.39, 0.29) is 0 Å². The Kier molecular flexibility index (Phi) is 8.85. The maximum Gasteiger partial charge on any atom is 0.191 e. The monoisotopic (exact) mass is 418 g/mol. The number of aryl methyl sites for hydroxylation is 2. The third kappa shape index (κ3) is 6.48. The van der Waals surface area contributed by atoms with Crippen LogP contribution >= 0.6 is 11.8 Å². The molecule has 0 unspecified atom stereocenters. The molecule has 0 aliphatic heterocycles. The highest BCUT2D eigenvalue weighted by molar-refractivity contribution is 7.98. The first kappa shape index (κ1) is 21.7. The van der Waals surface area contributed by atoms with E-state index in [4.69, 9.17) is 0 Å². The largest absolute Gasteiger partial charge is 0.357 e. The molecule has 2 aromatic rings. The zero-order valence-electron chi connectivity index (χ0n) is 17.7. The molecule has 0 atom stereocenters. The van der Waals surface area contributed by atoms with E-state index in [1.807, 2.05) is 23.1 Å². The highest BCUT2D eigenvalue weighted by Gasteiger charge is 2.23. The number of rotatable bonds is 11. The minimum Gasteiger partial charge on any atom is -0.357 e. The molecule has 0 saturated heterocycles. The molecule has 0 spiro atoms. The molecule has 0 amide bonds. The number of hydrogen-bond donors (Lipinski definition) is 2. The summed E-state index contributed by atoms with van der Waals surface area (Å²) in [4.78, 5) is 4.67. The van der Waals surface area contributed by atoms with E-state index in [1.165, 1.54) is 25.7 Å². The van der Waals surface area contributed by atoms with Crippen molar-refractivity contribution in [3.05, 3.63) is 24.3 Å². The molecule has 160 valence electrons. The predicted molar refractivity (Wildman–Crippen MR) is 118 cm³/mol. The molecule has 8 nitrogen and oxygen atoms in total. The second-order valence-electron chi connectivity index (χ2n) is 7.32. The topological polar surface area (TPSA) is 84.9 Å². The lowest BCUT2D eigenvalue weighted by molar-refractivity contribution is 0.460. The molecule has 1 fully saturated rings. The maximum absolute atomic E-state index is 4.67. The predicted octanol–water partition coefficient (Wildman–Crippen LogP) is 2.89. The Morgan fingerprint density at radius 1 is 1.24 bits per heavy atom. The minimum atomic E-state index is 0.587. The van der Waals surface area contributed by atoms with Gasteiger partial charge >= 0.3 is 0 Å². The molecule has 2 aromatic heterocycles. The van der Waals surface area contributed by atoms with Crippen LogP contribution < -0.4 is 10.6 Å². The van der Waals surface area contributed by atoms with Gasteiger partial charge in [0.15, 0.2) is 11.1 Å². The standard InChI is InChI=1S/C20H34N8S/c1-3-21-19(23-13-7-15-27-16-8-14-24-27)22-12-6-11-18-25-26-20(29-2)28(18)17-9-4-5-10-17/h8,14,16-17H,3-7,9-13,15H2,1-2H3,(H2,21,22,23). The Balaban J connectivity index is 1.44. The van der Waals surface area contributed by atoms with E-state index in [9.17, 15) is 0 Å². The second kappa shape index (κ2) is 11.8. The van der Waals surface area contributed by atoms with Crippen LogP contribution in [0.15, 0.2) is 28.6 Å². The summed E-state index contributed by atoms with van der Waals surface area (Å²) in [6.07, 6.45) is 14.0. The molecule has 0 bridgehead atoms. The van der Waals surface area contributed by atoms with E-state index < -0.39 is 0 Å². The fourth-order valence-electron chi connectivity index (χ4n) is 3.80. The van der Waals surface area contributed by atoms with Gasteiger partial charge in [0.05, 0.1) is 0 Å². The number of nitrogens with one attached hydrogen (secondary N) is 2. The van der Waals surface area contributed by atoms with E-state index in [1.54, 1.807) is 11.8 Å². The van der Waals surface area contributed by atoms with E-state index in [2.05, 4.69) is 48.7 Å². The summed E-state index contributed by atoms with van der Waals surface area (Å²) >= 11 is 1.70. The lowest BCUT2D eigenvalue weighted by atomic mass is 10.2. The molecule has 2 heterocycles. The number of aliphatic imine (C=N–C) groups is 1. The minimum absolute atomic E-state index is 0.587. The Morgan fingerprint density at radius 2 is 2.10 bits per heavy atom. The van der Waals surface area contributed by atoms with Crippen LogP contribution in [0.2, 0.25) is 0 Å². The zero-order valence-corrected chi connectivity index (χ0v) is 18.5. The average molecular weight is 419 g/mol. The molecule has 1 aliphatic rings. The van der Waals surface area contributed by atoms with Crippen LogP contribution in [0.1, 0.15) is 57.3 Å². The van der Waals surface area contributed by atoms with Gasteiger partial charge in [-0.15, -0.1) is 10.2 Å². The number of nitrogens with zero attached hydrogens (tertiary/aromatic N) is 6. The van der Waals surface area contributed by atoms with Crippen LogP contribution in [0.3, 0.4) is 0 Å². The van der Waals surface area contributed by atoms with Crippen LogP contribution in [0, 0.1) is 0 Å². The van der Waals surface area contributed by atoms with Gasteiger partial charge in [0.2, 0.25) is 0 Å². The molecule has 0 radical (unpaired) electrons. The van der Waals surface area contributed by atoms with Gasteiger partial charge in [-0.25, -0.2) is 0 Å². The second-order valence-corrected chi connectivity index (χ2v) is 8.10. The molecule has 2 N–H and O–H groups in total. The van der Waals surface area contributed by atoms with Crippen molar-refractivity contribution in [2.45, 2.75) is 69.6 Å². The Morgan fingerprint density at radius 3 is 2.83 bits per heavy atom. The first-order chi connectivity index (χ1) is 14.3. The van der Waals surface area contributed by atoms with Gasteiger partial charge in [-0.2, -0.15) is 5.10 Å². The highest BCUT2D eigenvalue weighted by Crippen LogP contribution is 2.33. The first-order valence-electron chi connectivity index (χ1n) is 10.8. The van der Waals surface area contributed by atoms with Crippen molar-refractivity contribution >= 4 is 17.7 Å². The van der Waals surface area contributed by atoms with Gasteiger partial charge < -0.3 is 15.2 Å². The van der Waals surface area contributed by atoms with Crippen LogP contribution in [-0.2, 0) is 13.0 Å². The number of aromatic nitrogens is 5. The van der Waals surface area contributed by atoms with Gasteiger partial charge in [-0.1, -0.05) is 24.6 Å². The van der Waals surface area contributed by atoms with Gasteiger partial charge in [0.1, 0.15) is 5.82 Å². The molecule has 29 heavy (non-hydrogen) atoms. The van der Waals surface area contributed by atoms with Crippen LogP contribution in [-0.4, -0.2) is 56.4 Å². The van der Waals surface area contributed by atoms with Gasteiger partial charge in [0.25, 0.3) is 0 Å². The zero-order chi connectivity index (χ0) is 20.3. The van der Waals surface area contributed by atoms with E-state index in [0.717, 1.165) is 62.4 Å². The SMILES string of the molecule is CCNC(=NCCCn1cccn1)NCCCc1nnc(SC)n1C1CCCC1. The van der Waals surface area contributed by atoms with Gasteiger partial charge in [-0.3, -0.25) is 9.67 Å². The van der Waals surface area contributed by atoms with Gasteiger partial charge in [-0.05, 0) is 44.9 Å². The summed E-state index contributed by atoms with van der Waals surface area (Å²) in [7, 11) is 0. The fourth-order valence-corrected chi connectivity index (χ4v) is 4.37. The summed E-state index contributed by atoms with van der Waals surface area (Å²) in [6.45, 7) is 5.50. The molecule has 9 heteroatoms. The van der Waals surface area contributed by atoms with Crippen LogP contribution in [0.4, 0.5) is 0 Å². The van der Waals surface area contributed by atoms with Crippen molar-refractivity contribution in [2.24, 2.45) is 4.99 Å². The van der Waals surface area contributed by atoms with Gasteiger partial charge in [0, 0.05) is 51.0 Å². The highest BCUT2D eigenvalue weighted by atomic mass is 32.2. The summed E-state index contributed by atoms with van der Waals surface area (Å²) in [5.41, 5.74) is 0. The molecule has 0 aromatic carbocycles. The van der Waals surface area contributed by atoms with Crippen molar-refractivity contribution in [1.29, 1.82) is 0 Å². The molecule has 1 saturated carbocycles. The lowest BCUT2D eigenvalue weighted by Gasteiger charge is -2.16. The van der Waals surface area contributed by atoms with Crippen molar-refractivity contribution in [3.8, 4) is 0 Å². The summed E-state index contributed by atoms with van der Waals surface area (Å²) in [5.74, 6) is 2.01. The Labute approximate surface area is 178 Å².